The van der Waals surface area contributed by atoms with E-state index in [2.05, 4.69) is 11.2 Å². The molecule has 2 rings (SSSR count). The Labute approximate surface area is 121 Å². The van der Waals surface area contributed by atoms with Gasteiger partial charge in [0.1, 0.15) is 6.61 Å². The molecule has 0 aromatic heterocycles. The molecule has 0 N–H and O–H groups in total. The summed E-state index contributed by atoms with van der Waals surface area (Å²) in [6, 6.07) is 12.4. The number of nitrogens with zero attached hydrogens (tertiary/aromatic N) is 2. The third-order valence-electron chi connectivity index (χ3n) is 3.70. The zero-order valence-electron chi connectivity index (χ0n) is 11.9. The minimum absolute atomic E-state index is 0.104. The van der Waals surface area contributed by atoms with Crippen LogP contribution in [0.5, 0.6) is 0 Å². The molecular formula is C17H22N2O. The van der Waals surface area contributed by atoms with Crippen molar-refractivity contribution in [1.82, 2.24) is 0 Å². The van der Waals surface area contributed by atoms with E-state index in [9.17, 15) is 5.26 Å². The summed E-state index contributed by atoms with van der Waals surface area (Å²) in [5.41, 5.74) is 2.17. The van der Waals surface area contributed by atoms with Gasteiger partial charge in [-0.2, -0.15) is 5.26 Å². The van der Waals surface area contributed by atoms with Crippen LogP contribution >= 0.6 is 0 Å². The molecule has 0 spiro atoms. The maximum Gasteiger partial charge on any atom is 0.142 e. The molecule has 3 nitrogen and oxygen atoms in total. The monoisotopic (exact) mass is 270 g/mol. The van der Waals surface area contributed by atoms with Crippen molar-refractivity contribution in [2.24, 2.45) is 11.1 Å². The summed E-state index contributed by atoms with van der Waals surface area (Å²) < 4.78 is 0. The normalized spacial score (nSPS) is 22.4. The highest BCUT2D eigenvalue weighted by atomic mass is 16.6. The number of hydrogen-bond donors (Lipinski definition) is 0. The van der Waals surface area contributed by atoms with E-state index < -0.39 is 0 Å². The van der Waals surface area contributed by atoms with Crippen LogP contribution in [0.2, 0.25) is 0 Å². The second kappa shape index (κ2) is 8.37. The van der Waals surface area contributed by atoms with Crippen LogP contribution in [0.25, 0.3) is 0 Å². The van der Waals surface area contributed by atoms with E-state index in [0.717, 1.165) is 43.4 Å². The average molecular weight is 270 g/mol. The van der Waals surface area contributed by atoms with E-state index in [1.165, 1.54) is 12.8 Å². The van der Waals surface area contributed by atoms with Gasteiger partial charge in [0.05, 0.1) is 17.7 Å². The first kappa shape index (κ1) is 14.6. The lowest BCUT2D eigenvalue weighted by molar-refractivity contribution is 0.129. The van der Waals surface area contributed by atoms with Crippen molar-refractivity contribution >= 4 is 5.71 Å². The van der Waals surface area contributed by atoms with Gasteiger partial charge in [-0.15, -0.1) is 0 Å². The Morgan fingerprint density at radius 1 is 1.15 bits per heavy atom. The van der Waals surface area contributed by atoms with Gasteiger partial charge < -0.3 is 4.84 Å². The van der Waals surface area contributed by atoms with Crippen molar-refractivity contribution in [3.8, 4) is 6.07 Å². The van der Waals surface area contributed by atoms with E-state index in [4.69, 9.17) is 4.84 Å². The highest BCUT2D eigenvalue weighted by molar-refractivity contribution is 5.84. The number of benzene rings is 1. The van der Waals surface area contributed by atoms with Crippen molar-refractivity contribution in [2.45, 2.75) is 51.6 Å². The Hall–Kier alpha value is -1.82. The fraction of sp³-hybridized carbons (Fsp3) is 0.529. The summed E-state index contributed by atoms with van der Waals surface area (Å²) in [5.74, 6) is 0.104. The predicted molar refractivity (Wildman–Crippen MR) is 80.1 cm³/mol. The van der Waals surface area contributed by atoms with Crippen molar-refractivity contribution in [1.29, 1.82) is 5.26 Å². The van der Waals surface area contributed by atoms with Gasteiger partial charge in [-0.3, -0.25) is 0 Å². The van der Waals surface area contributed by atoms with Gasteiger partial charge in [0.15, 0.2) is 0 Å². The molecule has 0 bridgehead atoms. The molecule has 1 aromatic rings. The Morgan fingerprint density at radius 2 is 1.95 bits per heavy atom. The maximum atomic E-state index is 9.18. The maximum absolute atomic E-state index is 9.18. The summed E-state index contributed by atoms with van der Waals surface area (Å²) in [7, 11) is 0. The Morgan fingerprint density at radius 3 is 2.75 bits per heavy atom. The van der Waals surface area contributed by atoms with Gasteiger partial charge in [-0.25, -0.2) is 0 Å². The average Bonchev–Trinajstić information content (AvgIpc) is 2.60. The van der Waals surface area contributed by atoms with Crippen LogP contribution in [-0.2, 0) is 11.4 Å². The zero-order valence-corrected chi connectivity index (χ0v) is 11.9. The highest BCUT2D eigenvalue weighted by Crippen LogP contribution is 2.20. The first-order valence-electron chi connectivity index (χ1n) is 7.49. The topological polar surface area (TPSA) is 45.4 Å². The molecule has 20 heavy (non-hydrogen) atoms. The lowest BCUT2D eigenvalue weighted by Crippen LogP contribution is -2.07. The molecule has 0 aliphatic heterocycles. The molecule has 1 saturated carbocycles. The second-order valence-corrected chi connectivity index (χ2v) is 5.40. The quantitative estimate of drug-likeness (QED) is 0.762. The molecule has 1 aliphatic carbocycles. The highest BCUT2D eigenvalue weighted by Gasteiger charge is 2.14. The lowest BCUT2D eigenvalue weighted by Gasteiger charge is -2.09. The third-order valence-corrected chi connectivity index (χ3v) is 3.70. The molecule has 0 radical (unpaired) electrons. The van der Waals surface area contributed by atoms with E-state index in [1.807, 2.05) is 30.3 Å². The van der Waals surface area contributed by atoms with Gasteiger partial charge in [0, 0.05) is 6.42 Å². The van der Waals surface area contributed by atoms with Gasteiger partial charge in [0.2, 0.25) is 0 Å². The first-order chi connectivity index (χ1) is 9.88. The van der Waals surface area contributed by atoms with Crippen molar-refractivity contribution in [3.05, 3.63) is 35.9 Å². The second-order valence-electron chi connectivity index (χ2n) is 5.40. The Balaban J connectivity index is 1.89. The number of rotatable bonds is 3. The van der Waals surface area contributed by atoms with Gasteiger partial charge in [0.25, 0.3) is 0 Å². The van der Waals surface area contributed by atoms with Crippen LogP contribution in [0.15, 0.2) is 35.5 Å². The molecule has 0 heterocycles. The van der Waals surface area contributed by atoms with Crippen LogP contribution in [0, 0.1) is 17.2 Å². The number of oxime groups is 1. The van der Waals surface area contributed by atoms with E-state index in [0.29, 0.717) is 6.61 Å². The smallest absolute Gasteiger partial charge is 0.142 e. The lowest BCUT2D eigenvalue weighted by atomic mass is 9.98. The van der Waals surface area contributed by atoms with Crippen LogP contribution in [0.4, 0.5) is 0 Å². The van der Waals surface area contributed by atoms with Crippen LogP contribution < -0.4 is 0 Å². The zero-order chi connectivity index (χ0) is 14.0. The van der Waals surface area contributed by atoms with Crippen molar-refractivity contribution in [3.63, 3.8) is 0 Å². The molecule has 0 saturated heterocycles. The van der Waals surface area contributed by atoms with E-state index in [-0.39, 0.29) is 5.92 Å². The van der Waals surface area contributed by atoms with Crippen LogP contribution in [0.3, 0.4) is 0 Å². The van der Waals surface area contributed by atoms with E-state index in [1.54, 1.807) is 0 Å². The predicted octanol–water partition coefficient (Wildman–Crippen LogP) is 4.44. The molecule has 0 amide bonds. The third kappa shape index (κ3) is 5.05. The molecule has 1 unspecified atom stereocenters. The van der Waals surface area contributed by atoms with Crippen LogP contribution in [-0.4, -0.2) is 5.71 Å². The summed E-state index contributed by atoms with van der Waals surface area (Å²) >= 11 is 0. The fourth-order valence-corrected chi connectivity index (χ4v) is 2.53. The standard InChI is InChI=1S/C17H22N2O/c18-13-16-10-4-1-2-7-11-17(12-16)19-20-14-15-8-5-3-6-9-15/h3,5-6,8-9,16H,1-2,4,7,10-12,14H2. The summed E-state index contributed by atoms with van der Waals surface area (Å²) in [6.07, 6.45) is 7.51. The summed E-state index contributed by atoms with van der Waals surface area (Å²) in [6.45, 7) is 0.502. The fourth-order valence-electron chi connectivity index (χ4n) is 2.53. The molecule has 1 aromatic carbocycles. The molecule has 3 heteroatoms. The number of hydrogen-bond acceptors (Lipinski definition) is 3. The van der Waals surface area contributed by atoms with Crippen molar-refractivity contribution < 1.29 is 4.84 Å². The van der Waals surface area contributed by atoms with Gasteiger partial charge >= 0.3 is 0 Å². The largest absolute Gasteiger partial charge is 0.391 e. The Kier molecular flexibility index (Phi) is 6.10. The van der Waals surface area contributed by atoms with Gasteiger partial charge in [-0.1, -0.05) is 54.8 Å². The van der Waals surface area contributed by atoms with Gasteiger partial charge in [-0.05, 0) is 24.8 Å². The minimum atomic E-state index is 0.104. The molecular weight excluding hydrogens is 248 g/mol. The summed E-state index contributed by atoms with van der Waals surface area (Å²) in [4.78, 5) is 5.47. The van der Waals surface area contributed by atoms with E-state index >= 15 is 0 Å². The molecule has 106 valence electrons. The molecule has 1 atom stereocenters. The molecule has 1 aliphatic rings. The van der Waals surface area contributed by atoms with Crippen LogP contribution in [0.1, 0.15) is 50.5 Å². The SMILES string of the molecule is N#CC1CCCCCCC(=NOCc2ccccc2)C1. The number of nitriles is 1. The summed E-state index contributed by atoms with van der Waals surface area (Å²) in [5, 5.41) is 13.5. The Bertz CT molecular complexity index is 462. The van der Waals surface area contributed by atoms with Crippen molar-refractivity contribution in [2.75, 3.05) is 0 Å². The first-order valence-corrected chi connectivity index (χ1v) is 7.49. The molecule has 1 fully saturated rings. The minimum Gasteiger partial charge on any atom is -0.391 e.